The van der Waals surface area contributed by atoms with Gasteiger partial charge in [-0.1, -0.05) is 38.1 Å². The highest BCUT2D eigenvalue weighted by atomic mass is 14.9. The highest BCUT2D eigenvalue weighted by Crippen LogP contribution is 2.26. The van der Waals surface area contributed by atoms with Crippen LogP contribution in [0.15, 0.2) is 42.7 Å². The van der Waals surface area contributed by atoms with Crippen molar-refractivity contribution in [1.29, 1.82) is 0 Å². The zero-order valence-electron chi connectivity index (χ0n) is 14.2. The van der Waals surface area contributed by atoms with E-state index in [1.807, 2.05) is 0 Å². The molecule has 0 saturated heterocycles. The summed E-state index contributed by atoms with van der Waals surface area (Å²) in [6.45, 7) is 8.72. The number of rotatable bonds is 6. The van der Waals surface area contributed by atoms with Crippen LogP contribution in [0, 0.1) is 12.8 Å². The molecule has 0 spiro atoms. The van der Waals surface area contributed by atoms with Crippen LogP contribution in [0.3, 0.4) is 0 Å². The summed E-state index contributed by atoms with van der Waals surface area (Å²) in [4.78, 5) is 7.46. The van der Waals surface area contributed by atoms with Crippen LogP contribution in [0.5, 0.6) is 0 Å². The summed E-state index contributed by atoms with van der Waals surface area (Å²) in [6, 6.07) is 13.1. The van der Waals surface area contributed by atoms with E-state index in [-0.39, 0.29) is 0 Å². The third-order valence-corrected chi connectivity index (χ3v) is 4.25. The maximum atomic E-state index is 4.28. The molecule has 0 aliphatic heterocycles. The van der Waals surface area contributed by atoms with Gasteiger partial charge in [0.2, 0.25) is 0 Å². The van der Waals surface area contributed by atoms with Crippen LogP contribution in [-0.4, -0.2) is 16.5 Å². The molecule has 3 aromatic rings. The van der Waals surface area contributed by atoms with E-state index in [1.54, 1.807) is 6.33 Å². The van der Waals surface area contributed by atoms with Crippen molar-refractivity contribution in [3.63, 3.8) is 0 Å². The summed E-state index contributed by atoms with van der Waals surface area (Å²) < 4.78 is 0. The third kappa shape index (κ3) is 3.80. The standard InChI is InChI=1S/C20H25N3/c1-14(2)8-9-21-12-16-4-6-18(15(3)10-16)17-5-7-19-20(11-17)23-13-22-19/h4-7,10-11,13-14,21H,8-9,12H2,1-3H3,(H,22,23). The summed E-state index contributed by atoms with van der Waals surface area (Å²) in [5.74, 6) is 0.754. The van der Waals surface area contributed by atoms with Gasteiger partial charge in [0.25, 0.3) is 0 Å². The molecule has 3 nitrogen and oxygen atoms in total. The van der Waals surface area contributed by atoms with Crippen LogP contribution >= 0.6 is 0 Å². The van der Waals surface area contributed by atoms with Crippen molar-refractivity contribution in [3.05, 3.63) is 53.9 Å². The predicted molar refractivity (Wildman–Crippen MR) is 97.4 cm³/mol. The largest absolute Gasteiger partial charge is 0.345 e. The lowest BCUT2D eigenvalue weighted by molar-refractivity contribution is 0.537. The number of hydrogen-bond donors (Lipinski definition) is 2. The molecular weight excluding hydrogens is 282 g/mol. The predicted octanol–water partition coefficient (Wildman–Crippen LogP) is 4.67. The average Bonchev–Trinajstić information content (AvgIpc) is 2.99. The summed E-state index contributed by atoms with van der Waals surface area (Å²) >= 11 is 0. The third-order valence-electron chi connectivity index (χ3n) is 4.25. The molecule has 0 saturated carbocycles. The molecule has 0 fully saturated rings. The lowest BCUT2D eigenvalue weighted by atomic mass is 9.98. The van der Waals surface area contributed by atoms with Gasteiger partial charge in [0, 0.05) is 6.54 Å². The molecule has 1 heterocycles. The molecular formula is C20H25N3. The number of hydrogen-bond acceptors (Lipinski definition) is 2. The molecule has 0 aliphatic rings. The van der Waals surface area contributed by atoms with E-state index in [0.29, 0.717) is 0 Å². The van der Waals surface area contributed by atoms with E-state index in [1.165, 1.54) is 28.7 Å². The summed E-state index contributed by atoms with van der Waals surface area (Å²) in [6.07, 6.45) is 2.97. The second kappa shape index (κ2) is 6.97. The number of aryl methyl sites for hydroxylation is 1. The van der Waals surface area contributed by atoms with Gasteiger partial charge in [-0.25, -0.2) is 4.98 Å². The second-order valence-electron chi connectivity index (χ2n) is 6.64. The molecule has 0 radical (unpaired) electrons. The first-order valence-corrected chi connectivity index (χ1v) is 8.37. The minimum atomic E-state index is 0.754. The highest BCUT2D eigenvalue weighted by Gasteiger charge is 2.05. The number of nitrogens with zero attached hydrogens (tertiary/aromatic N) is 1. The Morgan fingerprint density at radius 1 is 1.13 bits per heavy atom. The Labute approximate surface area is 138 Å². The molecule has 0 unspecified atom stereocenters. The fourth-order valence-corrected chi connectivity index (χ4v) is 2.89. The van der Waals surface area contributed by atoms with Crippen LogP contribution in [0.25, 0.3) is 22.2 Å². The zero-order valence-corrected chi connectivity index (χ0v) is 14.2. The average molecular weight is 307 g/mol. The van der Waals surface area contributed by atoms with Gasteiger partial charge in [-0.15, -0.1) is 0 Å². The second-order valence-corrected chi connectivity index (χ2v) is 6.64. The van der Waals surface area contributed by atoms with Gasteiger partial charge in [-0.2, -0.15) is 0 Å². The van der Waals surface area contributed by atoms with Crippen molar-refractivity contribution in [2.24, 2.45) is 5.92 Å². The van der Waals surface area contributed by atoms with Crippen molar-refractivity contribution < 1.29 is 0 Å². The van der Waals surface area contributed by atoms with Gasteiger partial charge >= 0.3 is 0 Å². The zero-order chi connectivity index (χ0) is 16.2. The molecule has 23 heavy (non-hydrogen) atoms. The summed E-state index contributed by atoms with van der Waals surface area (Å²) in [7, 11) is 0. The first-order chi connectivity index (χ1) is 11.1. The molecule has 0 aliphatic carbocycles. The molecule has 3 rings (SSSR count). The van der Waals surface area contributed by atoms with Gasteiger partial charge < -0.3 is 10.3 Å². The van der Waals surface area contributed by atoms with E-state index < -0.39 is 0 Å². The Morgan fingerprint density at radius 2 is 2.00 bits per heavy atom. The Morgan fingerprint density at radius 3 is 2.78 bits per heavy atom. The van der Waals surface area contributed by atoms with Crippen molar-refractivity contribution in [1.82, 2.24) is 15.3 Å². The van der Waals surface area contributed by atoms with Crippen LogP contribution in [-0.2, 0) is 6.54 Å². The molecule has 2 N–H and O–H groups in total. The van der Waals surface area contributed by atoms with E-state index >= 15 is 0 Å². The van der Waals surface area contributed by atoms with Crippen LogP contribution < -0.4 is 5.32 Å². The van der Waals surface area contributed by atoms with Gasteiger partial charge in [0.15, 0.2) is 0 Å². The maximum Gasteiger partial charge on any atom is 0.0931 e. The molecule has 1 aromatic heterocycles. The quantitative estimate of drug-likeness (QED) is 0.649. The molecule has 0 bridgehead atoms. The van der Waals surface area contributed by atoms with Crippen LogP contribution in [0.4, 0.5) is 0 Å². The van der Waals surface area contributed by atoms with E-state index in [9.17, 15) is 0 Å². The number of fused-ring (bicyclic) bond motifs is 1. The first-order valence-electron chi connectivity index (χ1n) is 8.37. The van der Waals surface area contributed by atoms with Crippen molar-refractivity contribution in [2.75, 3.05) is 6.54 Å². The normalized spacial score (nSPS) is 11.5. The van der Waals surface area contributed by atoms with Gasteiger partial charge in [0.1, 0.15) is 0 Å². The van der Waals surface area contributed by atoms with E-state index in [2.05, 4.69) is 72.5 Å². The molecule has 2 aromatic carbocycles. The maximum absolute atomic E-state index is 4.28. The minimum absolute atomic E-state index is 0.754. The lowest BCUT2D eigenvalue weighted by Crippen LogP contribution is -2.16. The summed E-state index contributed by atoms with van der Waals surface area (Å²) in [5, 5.41) is 3.53. The Balaban J connectivity index is 1.73. The molecule has 3 heteroatoms. The lowest BCUT2D eigenvalue weighted by Gasteiger charge is -2.11. The number of imidazole rings is 1. The highest BCUT2D eigenvalue weighted by molar-refractivity contribution is 5.82. The van der Waals surface area contributed by atoms with Gasteiger partial charge in [0.05, 0.1) is 17.4 Å². The molecule has 120 valence electrons. The van der Waals surface area contributed by atoms with Crippen LogP contribution in [0.2, 0.25) is 0 Å². The topological polar surface area (TPSA) is 40.7 Å². The van der Waals surface area contributed by atoms with E-state index in [4.69, 9.17) is 0 Å². The fourth-order valence-electron chi connectivity index (χ4n) is 2.89. The minimum Gasteiger partial charge on any atom is -0.345 e. The number of aromatic amines is 1. The SMILES string of the molecule is Cc1cc(CNCCC(C)C)ccc1-c1ccc2nc[nH]c2c1. The van der Waals surface area contributed by atoms with E-state index in [0.717, 1.165) is 30.0 Å². The fraction of sp³-hybridized carbons (Fsp3) is 0.350. The Bertz CT molecular complexity index is 786. The molecule has 0 atom stereocenters. The monoisotopic (exact) mass is 307 g/mol. The first kappa shape index (κ1) is 15.8. The number of nitrogens with one attached hydrogen (secondary N) is 2. The van der Waals surface area contributed by atoms with Gasteiger partial charge in [-0.05, 0) is 60.2 Å². The van der Waals surface area contributed by atoms with Crippen molar-refractivity contribution in [3.8, 4) is 11.1 Å². The smallest absolute Gasteiger partial charge is 0.0931 e. The summed E-state index contributed by atoms with van der Waals surface area (Å²) in [5.41, 5.74) is 7.27. The van der Waals surface area contributed by atoms with Crippen LogP contribution in [0.1, 0.15) is 31.4 Å². The Hall–Kier alpha value is -2.13. The number of aromatic nitrogens is 2. The number of benzene rings is 2. The van der Waals surface area contributed by atoms with Crippen molar-refractivity contribution >= 4 is 11.0 Å². The number of H-pyrrole nitrogens is 1. The molecule has 0 amide bonds. The van der Waals surface area contributed by atoms with Crippen molar-refractivity contribution in [2.45, 2.75) is 33.7 Å². The van der Waals surface area contributed by atoms with Gasteiger partial charge in [-0.3, -0.25) is 0 Å². The Kier molecular flexibility index (Phi) is 4.77.